The van der Waals surface area contributed by atoms with Crippen LogP contribution in [0.5, 0.6) is 0 Å². The summed E-state index contributed by atoms with van der Waals surface area (Å²) in [5.74, 6) is -6.82. The molecule has 44 heavy (non-hydrogen) atoms. The Morgan fingerprint density at radius 1 is 1.18 bits per heavy atom. The zero-order valence-electron chi connectivity index (χ0n) is 24.2. The zero-order valence-corrected chi connectivity index (χ0v) is 25.0. The number of carbonyl (C=O) groups excluding carboxylic acids is 2. The van der Waals surface area contributed by atoms with Crippen molar-refractivity contribution < 1.29 is 35.9 Å². The number of nitrogens with one attached hydrogen (secondary N) is 3. The number of carbonyl (C=O) groups is 2. The van der Waals surface area contributed by atoms with Gasteiger partial charge in [0.15, 0.2) is 0 Å². The van der Waals surface area contributed by atoms with E-state index in [0.717, 1.165) is 18.7 Å². The molecule has 1 atom stereocenters. The topological polar surface area (TPSA) is 119 Å². The van der Waals surface area contributed by atoms with E-state index in [9.17, 15) is 35.9 Å². The molecular formula is C27H32F6N8O2S. The Labute approximate surface area is 252 Å². The molecule has 0 aliphatic heterocycles. The molecule has 1 saturated carbocycles. The molecule has 17 heteroatoms. The van der Waals surface area contributed by atoms with E-state index in [1.165, 1.54) is 35.5 Å². The molecule has 0 aromatic carbocycles. The van der Waals surface area contributed by atoms with Gasteiger partial charge in [-0.05, 0) is 51.5 Å². The summed E-state index contributed by atoms with van der Waals surface area (Å²) in [6.45, 7) is 1.18. The molecule has 5 rings (SSSR count). The Hall–Kier alpha value is -3.63. The second-order valence-corrected chi connectivity index (χ2v) is 12.8. The molecule has 1 fully saturated rings. The van der Waals surface area contributed by atoms with Crippen molar-refractivity contribution in [2.75, 3.05) is 17.2 Å². The summed E-state index contributed by atoms with van der Waals surface area (Å²) in [4.78, 5) is 27.4. The highest BCUT2D eigenvalue weighted by atomic mass is 32.1. The van der Waals surface area contributed by atoms with Crippen molar-refractivity contribution in [2.24, 2.45) is 12.5 Å². The number of amides is 2. The minimum Gasteiger partial charge on any atom is -0.352 e. The average molecular weight is 647 g/mol. The fourth-order valence-electron chi connectivity index (χ4n) is 5.51. The van der Waals surface area contributed by atoms with Crippen LogP contribution in [-0.4, -0.2) is 54.7 Å². The molecule has 0 bridgehead atoms. The number of hydrogen-bond acceptors (Lipinski definition) is 7. The third-order valence-corrected chi connectivity index (χ3v) is 9.06. The number of alkyl halides is 6. The quantitative estimate of drug-likeness (QED) is 0.207. The standard InChI is InChI=1S/C27H32F6N8O2S/c1-25(30,31)8-9-34-21(42)19-15-10-14(41-13-35-38-24(41)36-18-11-16(20(28)29)39-40(18)3)4-5-17(15)44-22(19)37-23(43)27(6-7-27)12-26(2,32)33/h11,13-14,20H,4-10,12H2,1-3H3,(H,34,42)(H,36,38)(H,37,43)/t14-/m0/s1. The van der Waals surface area contributed by atoms with Gasteiger partial charge in [0.05, 0.1) is 11.0 Å². The van der Waals surface area contributed by atoms with Gasteiger partial charge in [-0.1, -0.05) is 0 Å². The first-order chi connectivity index (χ1) is 20.6. The van der Waals surface area contributed by atoms with Crippen LogP contribution in [-0.2, 0) is 24.7 Å². The molecule has 240 valence electrons. The van der Waals surface area contributed by atoms with E-state index in [-0.39, 0.29) is 41.3 Å². The molecule has 2 amide bonds. The van der Waals surface area contributed by atoms with Crippen LogP contribution in [0, 0.1) is 5.41 Å². The molecule has 3 N–H and O–H groups in total. The molecule has 0 saturated heterocycles. The first-order valence-electron chi connectivity index (χ1n) is 14.0. The number of fused-ring (bicyclic) bond motifs is 1. The summed E-state index contributed by atoms with van der Waals surface area (Å²) in [7, 11) is 1.50. The summed E-state index contributed by atoms with van der Waals surface area (Å²) in [5, 5.41) is 20.2. The third-order valence-electron chi connectivity index (χ3n) is 7.85. The fraction of sp³-hybridized carbons (Fsp3) is 0.593. The van der Waals surface area contributed by atoms with Gasteiger partial charge in [-0.25, -0.2) is 26.3 Å². The first kappa shape index (κ1) is 31.8. The van der Waals surface area contributed by atoms with Crippen LogP contribution in [0.2, 0.25) is 0 Å². The van der Waals surface area contributed by atoms with Crippen molar-refractivity contribution in [1.29, 1.82) is 0 Å². The van der Waals surface area contributed by atoms with Crippen molar-refractivity contribution in [2.45, 2.75) is 83.1 Å². The van der Waals surface area contributed by atoms with Gasteiger partial charge in [-0.3, -0.25) is 18.8 Å². The van der Waals surface area contributed by atoms with Gasteiger partial charge in [0, 0.05) is 43.4 Å². The number of anilines is 3. The van der Waals surface area contributed by atoms with Crippen molar-refractivity contribution in [3.63, 3.8) is 0 Å². The Balaban J connectivity index is 1.41. The van der Waals surface area contributed by atoms with Crippen molar-refractivity contribution in [3.05, 3.63) is 34.1 Å². The SMILES string of the molecule is Cn1nc(C(F)F)cc1Nc1nncn1[C@H]1CCc2sc(NC(=O)C3(CC(C)(F)F)CC3)c(C(=O)NCCC(C)(F)F)c2C1. The number of aromatic nitrogens is 5. The maximum absolute atomic E-state index is 13.8. The Morgan fingerprint density at radius 3 is 2.52 bits per heavy atom. The van der Waals surface area contributed by atoms with E-state index in [4.69, 9.17) is 0 Å². The van der Waals surface area contributed by atoms with E-state index in [0.29, 0.717) is 31.2 Å². The van der Waals surface area contributed by atoms with Crippen molar-refractivity contribution in [3.8, 4) is 0 Å². The molecule has 3 aromatic rings. The van der Waals surface area contributed by atoms with Crippen LogP contribution in [0.3, 0.4) is 0 Å². The lowest BCUT2D eigenvalue weighted by molar-refractivity contribution is -0.124. The van der Waals surface area contributed by atoms with Gasteiger partial charge in [0.25, 0.3) is 12.3 Å². The molecule has 0 spiro atoms. The Morgan fingerprint density at radius 2 is 1.91 bits per heavy atom. The van der Waals surface area contributed by atoms with E-state index >= 15 is 0 Å². The lowest BCUT2D eigenvalue weighted by Gasteiger charge is -2.25. The van der Waals surface area contributed by atoms with Crippen molar-refractivity contribution in [1.82, 2.24) is 29.9 Å². The molecule has 3 heterocycles. The third kappa shape index (κ3) is 7.02. The van der Waals surface area contributed by atoms with E-state index in [2.05, 4.69) is 31.2 Å². The lowest BCUT2D eigenvalue weighted by atomic mass is 9.90. The minimum atomic E-state index is -3.05. The number of nitrogens with zero attached hydrogens (tertiary/aromatic N) is 5. The van der Waals surface area contributed by atoms with E-state index in [1.54, 1.807) is 4.57 Å². The van der Waals surface area contributed by atoms with E-state index < -0.39 is 54.0 Å². The lowest BCUT2D eigenvalue weighted by Crippen LogP contribution is -2.32. The fourth-order valence-corrected chi connectivity index (χ4v) is 6.74. The van der Waals surface area contributed by atoms with E-state index in [1.807, 2.05) is 0 Å². The Bertz CT molecular complexity index is 1540. The highest BCUT2D eigenvalue weighted by molar-refractivity contribution is 7.17. The molecule has 2 aliphatic rings. The van der Waals surface area contributed by atoms with Gasteiger partial charge in [-0.2, -0.15) is 5.10 Å². The van der Waals surface area contributed by atoms with Crippen LogP contribution >= 0.6 is 11.3 Å². The summed E-state index contributed by atoms with van der Waals surface area (Å²) in [5.41, 5.74) is -0.948. The van der Waals surface area contributed by atoms with Crippen molar-refractivity contribution >= 4 is 39.9 Å². The van der Waals surface area contributed by atoms with Gasteiger partial charge >= 0.3 is 0 Å². The van der Waals surface area contributed by atoms with Gasteiger partial charge in [0.1, 0.15) is 22.8 Å². The largest absolute Gasteiger partial charge is 0.352 e. The Kier molecular flexibility index (Phi) is 8.46. The molecule has 10 nitrogen and oxygen atoms in total. The zero-order chi connectivity index (χ0) is 32.0. The summed E-state index contributed by atoms with van der Waals surface area (Å²) >= 11 is 1.17. The number of rotatable bonds is 12. The molecule has 3 aromatic heterocycles. The highest BCUT2D eigenvalue weighted by Gasteiger charge is 2.54. The summed E-state index contributed by atoms with van der Waals surface area (Å²) in [6, 6.07) is 0.890. The van der Waals surface area contributed by atoms with Gasteiger partial charge < -0.3 is 16.0 Å². The first-order valence-corrected chi connectivity index (χ1v) is 14.9. The van der Waals surface area contributed by atoms with Gasteiger partial charge in [-0.15, -0.1) is 21.5 Å². The molecular weight excluding hydrogens is 614 g/mol. The summed E-state index contributed by atoms with van der Waals surface area (Å²) in [6.07, 6.45) is -0.619. The summed E-state index contributed by atoms with van der Waals surface area (Å²) < 4.78 is 83.8. The van der Waals surface area contributed by atoms with Gasteiger partial charge in [0.2, 0.25) is 23.7 Å². The van der Waals surface area contributed by atoms with Crippen LogP contribution in [0.4, 0.5) is 43.1 Å². The molecule has 0 unspecified atom stereocenters. The van der Waals surface area contributed by atoms with Crippen LogP contribution < -0.4 is 16.0 Å². The monoisotopic (exact) mass is 646 g/mol. The average Bonchev–Trinajstić information content (AvgIpc) is 3.22. The predicted molar refractivity (Wildman–Crippen MR) is 150 cm³/mol. The minimum absolute atomic E-state index is 0.109. The number of halogens is 6. The van der Waals surface area contributed by atoms with Crippen LogP contribution in [0.15, 0.2) is 12.4 Å². The smallest absolute Gasteiger partial charge is 0.282 e. The maximum atomic E-state index is 13.8. The number of thiophene rings is 1. The normalized spacial score (nSPS) is 17.8. The molecule has 2 aliphatic carbocycles. The predicted octanol–water partition coefficient (Wildman–Crippen LogP) is 6.02. The number of hydrogen-bond donors (Lipinski definition) is 3. The second kappa shape index (κ2) is 11.7. The maximum Gasteiger partial charge on any atom is 0.282 e. The molecule has 0 radical (unpaired) electrons. The highest BCUT2D eigenvalue weighted by Crippen LogP contribution is 2.54. The van der Waals surface area contributed by atoms with Crippen LogP contribution in [0.1, 0.15) is 84.9 Å². The van der Waals surface area contributed by atoms with Crippen LogP contribution in [0.25, 0.3) is 0 Å². The second-order valence-electron chi connectivity index (χ2n) is 11.7. The number of aryl methyl sites for hydroxylation is 2.